The van der Waals surface area contributed by atoms with Crippen LogP contribution >= 0.6 is 11.8 Å². The third kappa shape index (κ3) is 6.00. The summed E-state index contributed by atoms with van der Waals surface area (Å²) in [4.78, 5) is 23.5. The second kappa shape index (κ2) is 9.82. The number of carbonyl (C=O) groups is 1. The van der Waals surface area contributed by atoms with Crippen LogP contribution in [0.5, 0.6) is 11.5 Å². The number of thioether (sulfide) groups is 1. The van der Waals surface area contributed by atoms with Gasteiger partial charge in [-0.3, -0.25) is 4.79 Å². The van der Waals surface area contributed by atoms with Gasteiger partial charge in [-0.1, -0.05) is 25.6 Å². The number of ether oxygens (including phenoxy) is 2. The van der Waals surface area contributed by atoms with E-state index in [-0.39, 0.29) is 11.7 Å². The van der Waals surface area contributed by atoms with E-state index in [9.17, 15) is 4.79 Å². The highest BCUT2D eigenvalue weighted by atomic mass is 32.2. The summed E-state index contributed by atoms with van der Waals surface area (Å²) in [5.41, 5.74) is 0.631. The zero-order valence-corrected chi connectivity index (χ0v) is 18.2. The van der Waals surface area contributed by atoms with Crippen LogP contribution in [0.25, 0.3) is 0 Å². The van der Waals surface area contributed by atoms with E-state index in [0.29, 0.717) is 29.0 Å². The van der Waals surface area contributed by atoms with Crippen molar-refractivity contribution in [1.82, 2.24) is 9.97 Å². The van der Waals surface area contributed by atoms with Gasteiger partial charge >= 0.3 is 0 Å². The maximum absolute atomic E-state index is 12.4. The normalized spacial score (nSPS) is 19.0. The van der Waals surface area contributed by atoms with Crippen molar-refractivity contribution in [2.75, 3.05) is 43.3 Å². The number of anilines is 2. The van der Waals surface area contributed by atoms with E-state index in [1.807, 2.05) is 6.07 Å². The molecule has 0 radical (unpaired) electrons. The minimum absolute atomic E-state index is 0.120. The topological polar surface area (TPSA) is 76.6 Å². The minimum Gasteiger partial charge on any atom is -0.497 e. The van der Waals surface area contributed by atoms with E-state index in [1.165, 1.54) is 18.2 Å². The van der Waals surface area contributed by atoms with E-state index in [4.69, 9.17) is 9.47 Å². The smallest absolute Gasteiger partial charge is 0.234 e. The van der Waals surface area contributed by atoms with Crippen LogP contribution in [0.4, 0.5) is 11.5 Å². The van der Waals surface area contributed by atoms with Gasteiger partial charge in [-0.15, -0.1) is 0 Å². The van der Waals surface area contributed by atoms with Gasteiger partial charge in [0.2, 0.25) is 5.91 Å². The Kier molecular flexibility index (Phi) is 7.19. The first-order chi connectivity index (χ1) is 14.0. The lowest BCUT2D eigenvalue weighted by molar-refractivity contribution is -0.113. The molecule has 1 aromatic carbocycles. The van der Waals surface area contributed by atoms with Crippen LogP contribution in [-0.2, 0) is 4.79 Å². The molecule has 8 heteroatoms. The molecule has 156 valence electrons. The first-order valence-electron chi connectivity index (χ1n) is 9.69. The number of carbonyl (C=O) groups excluding carboxylic acids is 1. The largest absolute Gasteiger partial charge is 0.497 e. The molecule has 0 aliphatic carbocycles. The maximum Gasteiger partial charge on any atom is 0.234 e. The number of hydrogen-bond acceptors (Lipinski definition) is 7. The van der Waals surface area contributed by atoms with Gasteiger partial charge < -0.3 is 19.7 Å². The molecule has 1 aromatic heterocycles. The Hall–Kier alpha value is -2.48. The van der Waals surface area contributed by atoms with Crippen molar-refractivity contribution in [3.63, 3.8) is 0 Å². The summed E-state index contributed by atoms with van der Waals surface area (Å²) in [7, 11) is 3.15. The molecule has 0 spiro atoms. The molecule has 0 unspecified atom stereocenters. The Morgan fingerprint density at radius 2 is 1.76 bits per heavy atom. The molecule has 1 aliphatic heterocycles. The maximum atomic E-state index is 12.4. The second-order valence-corrected chi connectivity index (χ2v) is 8.50. The molecule has 1 N–H and O–H groups in total. The number of amides is 1. The number of nitrogens with one attached hydrogen (secondary N) is 1. The average Bonchev–Trinajstić information content (AvgIpc) is 2.71. The van der Waals surface area contributed by atoms with E-state index in [0.717, 1.165) is 23.9 Å². The number of nitrogens with zero attached hydrogens (tertiary/aromatic N) is 3. The van der Waals surface area contributed by atoms with E-state index in [2.05, 4.69) is 34.0 Å². The van der Waals surface area contributed by atoms with Gasteiger partial charge in [0.15, 0.2) is 0 Å². The highest BCUT2D eigenvalue weighted by Gasteiger charge is 2.23. The van der Waals surface area contributed by atoms with Crippen LogP contribution in [0.1, 0.15) is 20.3 Å². The summed E-state index contributed by atoms with van der Waals surface area (Å²) < 4.78 is 10.5. The number of rotatable bonds is 7. The van der Waals surface area contributed by atoms with Gasteiger partial charge in [0.1, 0.15) is 28.7 Å². The molecule has 29 heavy (non-hydrogen) atoms. The SMILES string of the molecule is COc1cc(NC(=O)CSc2cc(N3C[C@H](C)C[C@@H](C)C3)ncn2)cc(OC)c1. The van der Waals surface area contributed by atoms with Crippen molar-refractivity contribution < 1.29 is 14.3 Å². The lowest BCUT2D eigenvalue weighted by Gasteiger charge is -2.35. The van der Waals surface area contributed by atoms with Gasteiger partial charge in [0, 0.05) is 43.0 Å². The van der Waals surface area contributed by atoms with Crippen LogP contribution in [0.2, 0.25) is 0 Å². The van der Waals surface area contributed by atoms with Crippen LogP contribution in [-0.4, -0.2) is 48.9 Å². The summed E-state index contributed by atoms with van der Waals surface area (Å²) in [6, 6.07) is 7.24. The molecule has 1 aliphatic rings. The molecule has 3 rings (SSSR count). The second-order valence-electron chi connectivity index (χ2n) is 7.50. The predicted molar refractivity (Wildman–Crippen MR) is 116 cm³/mol. The monoisotopic (exact) mass is 416 g/mol. The van der Waals surface area contributed by atoms with Crippen LogP contribution in [0, 0.1) is 11.8 Å². The fraction of sp³-hybridized carbons (Fsp3) is 0.476. The highest BCUT2D eigenvalue weighted by Crippen LogP contribution is 2.28. The molecule has 1 fully saturated rings. The van der Waals surface area contributed by atoms with Gasteiger partial charge in [-0.2, -0.15) is 0 Å². The zero-order chi connectivity index (χ0) is 20.8. The number of benzene rings is 1. The third-order valence-electron chi connectivity index (χ3n) is 4.81. The molecule has 2 heterocycles. The van der Waals surface area contributed by atoms with Crippen molar-refractivity contribution in [3.05, 3.63) is 30.6 Å². The first kappa shape index (κ1) is 21.2. The Morgan fingerprint density at radius 3 is 2.38 bits per heavy atom. The Morgan fingerprint density at radius 1 is 1.10 bits per heavy atom. The van der Waals surface area contributed by atoms with Crippen molar-refractivity contribution in [2.24, 2.45) is 11.8 Å². The van der Waals surface area contributed by atoms with Crippen molar-refractivity contribution in [2.45, 2.75) is 25.3 Å². The fourth-order valence-electron chi connectivity index (χ4n) is 3.65. The highest BCUT2D eigenvalue weighted by molar-refractivity contribution is 7.99. The standard InChI is InChI=1S/C21H28N4O3S/c1-14-5-15(2)11-25(10-14)19-9-21(23-13-22-19)29-12-20(26)24-16-6-17(27-3)8-18(7-16)28-4/h6-9,13-15H,5,10-12H2,1-4H3,(H,24,26)/t14-,15-/m1/s1. The van der Waals surface area contributed by atoms with E-state index in [1.54, 1.807) is 38.7 Å². The number of piperidine rings is 1. The molecule has 1 amide bonds. The summed E-state index contributed by atoms with van der Waals surface area (Å²) in [6.45, 7) is 6.56. The van der Waals surface area contributed by atoms with Crippen LogP contribution in [0.15, 0.2) is 35.6 Å². The lowest BCUT2D eigenvalue weighted by atomic mass is 9.92. The van der Waals surface area contributed by atoms with Crippen LogP contribution in [0.3, 0.4) is 0 Å². The first-order valence-corrected chi connectivity index (χ1v) is 10.7. The molecule has 0 saturated carbocycles. The summed E-state index contributed by atoms with van der Waals surface area (Å²) in [5.74, 6) is 3.61. The van der Waals surface area contributed by atoms with Gasteiger partial charge in [0.25, 0.3) is 0 Å². The molecular weight excluding hydrogens is 388 g/mol. The van der Waals surface area contributed by atoms with Gasteiger partial charge in [-0.25, -0.2) is 9.97 Å². The van der Waals surface area contributed by atoms with Gasteiger partial charge in [0.05, 0.1) is 20.0 Å². The van der Waals surface area contributed by atoms with E-state index < -0.39 is 0 Å². The van der Waals surface area contributed by atoms with Gasteiger partial charge in [-0.05, 0) is 18.3 Å². The number of hydrogen-bond donors (Lipinski definition) is 1. The zero-order valence-electron chi connectivity index (χ0n) is 17.3. The summed E-state index contributed by atoms with van der Waals surface area (Å²) in [5, 5.41) is 3.67. The van der Waals surface area contributed by atoms with E-state index >= 15 is 0 Å². The minimum atomic E-state index is -0.120. The quantitative estimate of drug-likeness (QED) is 0.545. The summed E-state index contributed by atoms with van der Waals surface area (Å²) in [6.07, 6.45) is 2.82. The Bertz CT molecular complexity index is 816. The predicted octanol–water partition coefficient (Wildman–Crippen LogP) is 3.71. The number of methoxy groups -OCH3 is 2. The molecule has 1 saturated heterocycles. The lowest BCUT2D eigenvalue weighted by Crippen LogP contribution is -2.39. The molecule has 0 bridgehead atoms. The molecule has 7 nitrogen and oxygen atoms in total. The molecule has 2 atom stereocenters. The van der Waals surface area contributed by atoms with Crippen molar-refractivity contribution >= 4 is 29.2 Å². The average molecular weight is 417 g/mol. The molecule has 2 aromatic rings. The Balaban J connectivity index is 1.59. The molecular formula is C21H28N4O3S. The third-order valence-corrected chi connectivity index (χ3v) is 5.73. The van der Waals surface area contributed by atoms with Crippen molar-refractivity contribution in [3.8, 4) is 11.5 Å². The van der Waals surface area contributed by atoms with Crippen LogP contribution < -0.4 is 19.7 Å². The number of aromatic nitrogens is 2. The van der Waals surface area contributed by atoms with Crippen molar-refractivity contribution in [1.29, 1.82) is 0 Å². The Labute approximate surface area is 176 Å². The fourth-order valence-corrected chi connectivity index (χ4v) is 4.31. The summed E-state index contributed by atoms with van der Waals surface area (Å²) >= 11 is 1.40.